The zero-order valence-electron chi connectivity index (χ0n) is 26.7. The number of piperidine rings is 2. The quantitative estimate of drug-likeness (QED) is 0.244. The van der Waals surface area contributed by atoms with E-state index in [0.29, 0.717) is 33.9 Å². The summed E-state index contributed by atoms with van der Waals surface area (Å²) >= 11 is 19.1. The minimum absolute atomic E-state index is 0. The van der Waals surface area contributed by atoms with Crippen molar-refractivity contribution in [1.82, 2.24) is 14.7 Å². The van der Waals surface area contributed by atoms with Gasteiger partial charge in [0.1, 0.15) is 0 Å². The molecule has 0 saturated carbocycles. The molecule has 3 heterocycles. The van der Waals surface area contributed by atoms with E-state index in [2.05, 4.69) is 40.1 Å². The number of rotatable bonds is 8. The van der Waals surface area contributed by atoms with Crippen molar-refractivity contribution in [1.29, 1.82) is 0 Å². The second-order valence-electron chi connectivity index (χ2n) is 13.2. The van der Waals surface area contributed by atoms with Gasteiger partial charge in [-0.05, 0) is 106 Å². The third kappa shape index (κ3) is 8.29. The molecule has 3 saturated heterocycles. The first-order valence-corrected chi connectivity index (χ1v) is 17.5. The normalized spacial score (nSPS) is 21.1. The smallest absolute Gasteiger partial charge is 0.233 e. The first-order chi connectivity index (χ1) is 21.8. The van der Waals surface area contributed by atoms with Crippen molar-refractivity contribution in [3.8, 4) is 0 Å². The van der Waals surface area contributed by atoms with E-state index in [1.807, 2.05) is 47.4 Å². The summed E-state index contributed by atoms with van der Waals surface area (Å²) in [5.41, 5.74) is 2.51. The second kappa shape index (κ2) is 16.4. The van der Waals surface area contributed by atoms with Gasteiger partial charge in [0, 0.05) is 36.6 Å². The zero-order valence-corrected chi connectivity index (χ0v) is 29.8. The Kier molecular flexibility index (Phi) is 13.1. The van der Waals surface area contributed by atoms with E-state index in [1.165, 1.54) is 0 Å². The Bertz CT molecular complexity index is 1510. The highest BCUT2D eigenvalue weighted by molar-refractivity contribution is 6.42. The Balaban J connectivity index is 0.00000250. The van der Waals surface area contributed by atoms with Crippen LogP contribution in [0.15, 0.2) is 72.8 Å². The zero-order chi connectivity index (χ0) is 31.4. The predicted octanol–water partition coefficient (Wildman–Crippen LogP) is 7.39. The number of hydrogen-bond acceptors (Lipinski definition) is 3. The fourth-order valence-electron chi connectivity index (χ4n) is 7.82. The van der Waals surface area contributed by atoms with Crippen LogP contribution in [0.3, 0.4) is 0 Å². The Morgan fingerprint density at radius 3 is 2.09 bits per heavy atom. The standard InChI is InChI=1S/C37H42Cl3N3O2.ClH.H2O/c38-31-11-6-8-28(24-31)25-34(44)43-20-7-14-36(27-43,30-12-13-32(39)33(40)26-30)15-21-41-22-16-37(17-23-41,29-9-2-1-3-10-29)35(45)42-18-4-5-19-42;;/h1-3,6,8-13,24,26H,4-5,7,14-23,25,27H2;1H;1H2. The largest absolute Gasteiger partial charge is 0.412 e. The molecule has 3 fully saturated rings. The summed E-state index contributed by atoms with van der Waals surface area (Å²) in [6, 6.07) is 24.0. The van der Waals surface area contributed by atoms with Crippen molar-refractivity contribution >= 4 is 59.0 Å². The highest BCUT2D eigenvalue weighted by Gasteiger charge is 2.46. The molecule has 0 spiro atoms. The summed E-state index contributed by atoms with van der Waals surface area (Å²) in [5.74, 6) is 0.423. The summed E-state index contributed by atoms with van der Waals surface area (Å²) in [7, 11) is 0. The molecule has 6 rings (SSSR count). The summed E-state index contributed by atoms with van der Waals surface area (Å²) in [5, 5.41) is 1.72. The minimum atomic E-state index is -0.460. The lowest BCUT2D eigenvalue weighted by Crippen LogP contribution is -2.54. The number of benzene rings is 3. The molecule has 10 heteroatoms. The average Bonchev–Trinajstić information content (AvgIpc) is 3.61. The maximum absolute atomic E-state index is 14.0. The molecule has 0 bridgehead atoms. The first kappa shape index (κ1) is 37.5. The van der Waals surface area contributed by atoms with Crippen LogP contribution in [0, 0.1) is 0 Å². The molecule has 3 aromatic carbocycles. The highest BCUT2D eigenvalue weighted by Crippen LogP contribution is 2.42. The van der Waals surface area contributed by atoms with Crippen LogP contribution in [0.5, 0.6) is 0 Å². The van der Waals surface area contributed by atoms with Gasteiger partial charge in [0.15, 0.2) is 0 Å². The number of halogens is 4. The first-order valence-electron chi connectivity index (χ1n) is 16.3. The lowest BCUT2D eigenvalue weighted by Gasteiger charge is -2.46. The Morgan fingerprint density at radius 1 is 0.702 bits per heavy atom. The van der Waals surface area contributed by atoms with Gasteiger partial charge in [-0.25, -0.2) is 0 Å². The minimum Gasteiger partial charge on any atom is -0.412 e. The van der Waals surface area contributed by atoms with Crippen molar-refractivity contribution in [3.05, 3.63) is 105 Å². The third-order valence-electron chi connectivity index (χ3n) is 10.5. The molecule has 2 amide bonds. The molecule has 1 unspecified atom stereocenters. The number of nitrogens with zero attached hydrogens (tertiary/aromatic N) is 3. The molecular formula is C37H45Cl4N3O3. The molecule has 47 heavy (non-hydrogen) atoms. The van der Waals surface area contributed by atoms with Gasteiger partial charge in [-0.2, -0.15) is 0 Å². The summed E-state index contributed by atoms with van der Waals surface area (Å²) in [6.07, 6.45) is 6.94. The van der Waals surface area contributed by atoms with Crippen LogP contribution in [-0.4, -0.2) is 77.8 Å². The van der Waals surface area contributed by atoms with Crippen molar-refractivity contribution in [2.75, 3.05) is 45.8 Å². The second-order valence-corrected chi connectivity index (χ2v) is 14.4. The highest BCUT2D eigenvalue weighted by atomic mass is 35.5. The third-order valence-corrected chi connectivity index (χ3v) is 11.4. The number of carbonyl (C=O) groups is 2. The fourth-order valence-corrected chi connectivity index (χ4v) is 8.34. The van der Waals surface area contributed by atoms with E-state index in [-0.39, 0.29) is 29.2 Å². The molecule has 6 nitrogen and oxygen atoms in total. The number of likely N-dealkylation sites (tertiary alicyclic amines) is 3. The van der Waals surface area contributed by atoms with Crippen LogP contribution >= 0.6 is 47.2 Å². The molecule has 3 aliphatic rings. The van der Waals surface area contributed by atoms with Crippen molar-refractivity contribution < 1.29 is 15.1 Å². The predicted molar refractivity (Wildman–Crippen MR) is 194 cm³/mol. The summed E-state index contributed by atoms with van der Waals surface area (Å²) in [6.45, 7) is 5.74. The van der Waals surface area contributed by atoms with E-state index in [0.717, 1.165) is 101 Å². The van der Waals surface area contributed by atoms with Gasteiger partial charge in [0.25, 0.3) is 0 Å². The Morgan fingerprint density at radius 2 is 1.40 bits per heavy atom. The van der Waals surface area contributed by atoms with E-state index in [9.17, 15) is 9.59 Å². The number of carbonyl (C=O) groups excluding carboxylic acids is 2. The van der Waals surface area contributed by atoms with Gasteiger partial charge < -0.3 is 20.2 Å². The van der Waals surface area contributed by atoms with E-state index in [4.69, 9.17) is 34.8 Å². The Labute approximate surface area is 300 Å². The summed E-state index contributed by atoms with van der Waals surface area (Å²) in [4.78, 5) is 34.3. The van der Waals surface area contributed by atoms with E-state index >= 15 is 0 Å². The van der Waals surface area contributed by atoms with Crippen LogP contribution in [0.4, 0.5) is 0 Å². The lowest BCUT2D eigenvalue weighted by atomic mass is 9.70. The van der Waals surface area contributed by atoms with Gasteiger partial charge >= 0.3 is 0 Å². The van der Waals surface area contributed by atoms with Gasteiger partial charge in [0.05, 0.1) is 21.9 Å². The van der Waals surface area contributed by atoms with Crippen LogP contribution in [0.25, 0.3) is 0 Å². The monoisotopic (exact) mass is 719 g/mol. The van der Waals surface area contributed by atoms with Crippen LogP contribution in [0.2, 0.25) is 15.1 Å². The van der Waals surface area contributed by atoms with Crippen LogP contribution in [0.1, 0.15) is 61.6 Å². The maximum atomic E-state index is 14.0. The van der Waals surface area contributed by atoms with Crippen molar-refractivity contribution in [2.45, 2.75) is 62.2 Å². The topological polar surface area (TPSA) is 75.4 Å². The van der Waals surface area contributed by atoms with E-state index in [1.54, 1.807) is 0 Å². The molecular weight excluding hydrogens is 676 g/mol. The van der Waals surface area contributed by atoms with Gasteiger partial charge in [-0.3, -0.25) is 9.59 Å². The molecule has 3 aromatic rings. The maximum Gasteiger partial charge on any atom is 0.233 e. The van der Waals surface area contributed by atoms with Crippen molar-refractivity contribution in [2.24, 2.45) is 0 Å². The molecule has 254 valence electrons. The SMILES string of the molecule is Cl.O.O=C(Cc1cccc(Cl)c1)N1CCCC(CCN2CCC(C(=O)N3CCCC3)(c3ccccc3)CC2)(c2ccc(Cl)c(Cl)c2)C1. The van der Waals surface area contributed by atoms with Gasteiger partial charge in [0.2, 0.25) is 11.8 Å². The fraction of sp³-hybridized carbons (Fsp3) is 0.459. The molecule has 0 aromatic heterocycles. The molecule has 0 aliphatic carbocycles. The Hall–Kier alpha value is -2.32. The average molecular weight is 722 g/mol. The van der Waals surface area contributed by atoms with Gasteiger partial charge in [-0.1, -0.05) is 83.3 Å². The molecule has 0 radical (unpaired) electrons. The summed E-state index contributed by atoms with van der Waals surface area (Å²) < 4.78 is 0. The van der Waals surface area contributed by atoms with Crippen molar-refractivity contribution in [3.63, 3.8) is 0 Å². The lowest BCUT2D eigenvalue weighted by molar-refractivity contribution is -0.138. The number of amides is 2. The van der Waals surface area contributed by atoms with E-state index < -0.39 is 5.41 Å². The molecule has 1 atom stereocenters. The number of hydrogen-bond donors (Lipinski definition) is 0. The molecule has 2 N–H and O–H groups in total. The van der Waals surface area contributed by atoms with Crippen LogP contribution < -0.4 is 0 Å². The molecule has 3 aliphatic heterocycles. The van der Waals surface area contributed by atoms with Gasteiger partial charge in [-0.15, -0.1) is 12.4 Å². The van der Waals surface area contributed by atoms with Crippen LogP contribution in [-0.2, 0) is 26.8 Å².